The van der Waals surface area contributed by atoms with E-state index in [1.165, 1.54) is 41.5 Å². The number of benzene rings is 1. The van der Waals surface area contributed by atoms with E-state index in [-0.39, 0.29) is 16.7 Å². The van der Waals surface area contributed by atoms with E-state index in [9.17, 15) is 9.90 Å². The molecule has 0 aromatic heterocycles. The van der Waals surface area contributed by atoms with Gasteiger partial charge in [0.15, 0.2) is 5.78 Å². The number of hydrogen-bond acceptors (Lipinski definition) is 2. The minimum Gasteiger partial charge on any atom is -0.377 e. The van der Waals surface area contributed by atoms with Crippen LogP contribution in [0.15, 0.2) is 47.1 Å². The summed E-state index contributed by atoms with van der Waals surface area (Å²) in [5.74, 6) is 9.82. The maximum Gasteiger partial charge on any atom is 0.156 e. The molecule has 5 aliphatic carbocycles. The van der Waals surface area contributed by atoms with Gasteiger partial charge in [0.05, 0.1) is 0 Å². The number of ketones is 1. The van der Waals surface area contributed by atoms with Gasteiger partial charge in [0, 0.05) is 23.2 Å². The predicted molar refractivity (Wildman–Crippen MR) is 155 cm³/mol. The second-order valence-corrected chi connectivity index (χ2v) is 14.6. The fourth-order valence-corrected chi connectivity index (χ4v) is 9.08. The van der Waals surface area contributed by atoms with Gasteiger partial charge in [0.1, 0.15) is 5.60 Å². The average molecular weight is 511 g/mol. The standard InChI is InChI=1S/C36H46O2/c1-23-7-6-8-28(23)24-9-11-25(12-10-24)31-22-35(5)32(17-18-36(35,38)20-19-34(2,3)4)30-15-13-26-21-27(37)14-16-29(26)33(30)31/h9-12,21,23,28,30-32,38H,6-8,13-18,22H2,1-5H3/t23-,28?,30+,31-,32+,35+,36-/m1/s1. The molecule has 202 valence electrons. The molecule has 3 saturated carbocycles. The molecule has 0 bridgehead atoms. The molecule has 38 heavy (non-hydrogen) atoms. The minimum atomic E-state index is -0.947. The third-order valence-electron chi connectivity index (χ3n) is 11.2. The van der Waals surface area contributed by atoms with Gasteiger partial charge < -0.3 is 5.11 Å². The summed E-state index contributed by atoms with van der Waals surface area (Å²) >= 11 is 0. The summed E-state index contributed by atoms with van der Waals surface area (Å²) in [7, 11) is 0. The second-order valence-electron chi connectivity index (χ2n) is 14.6. The number of hydrogen-bond donors (Lipinski definition) is 1. The first-order valence-electron chi connectivity index (χ1n) is 15.3. The van der Waals surface area contributed by atoms with Gasteiger partial charge >= 0.3 is 0 Å². The molecular weight excluding hydrogens is 464 g/mol. The van der Waals surface area contributed by atoms with Crippen molar-refractivity contribution in [2.24, 2.45) is 28.6 Å². The molecule has 3 fully saturated rings. The Labute approximate surface area is 230 Å². The Morgan fingerprint density at radius 3 is 2.37 bits per heavy atom. The lowest BCUT2D eigenvalue weighted by molar-refractivity contribution is -0.114. The van der Waals surface area contributed by atoms with Crippen molar-refractivity contribution in [3.63, 3.8) is 0 Å². The Kier molecular flexibility index (Phi) is 6.35. The number of carbonyl (C=O) groups is 1. The van der Waals surface area contributed by atoms with Gasteiger partial charge in [-0.2, -0.15) is 0 Å². The van der Waals surface area contributed by atoms with E-state index in [0.717, 1.165) is 44.4 Å². The summed E-state index contributed by atoms with van der Waals surface area (Å²) in [5.41, 5.74) is 5.96. The smallest absolute Gasteiger partial charge is 0.156 e. The third-order valence-corrected chi connectivity index (χ3v) is 11.2. The largest absolute Gasteiger partial charge is 0.377 e. The monoisotopic (exact) mass is 510 g/mol. The second kappa shape index (κ2) is 9.23. The number of rotatable bonds is 2. The van der Waals surface area contributed by atoms with Crippen molar-refractivity contribution in [1.29, 1.82) is 0 Å². The molecule has 1 unspecified atom stereocenters. The quantitative estimate of drug-likeness (QED) is 0.407. The lowest BCUT2D eigenvalue weighted by Gasteiger charge is -2.53. The Hall–Kier alpha value is -2.11. The van der Waals surface area contributed by atoms with Gasteiger partial charge in [-0.15, -0.1) is 0 Å². The number of carbonyl (C=O) groups excluding carboxylic acids is 1. The fraction of sp³-hybridized carbons (Fsp3) is 0.639. The molecule has 0 radical (unpaired) electrons. The Morgan fingerprint density at radius 2 is 1.68 bits per heavy atom. The number of aliphatic hydroxyl groups is 1. The Balaban J connectivity index is 1.45. The van der Waals surface area contributed by atoms with Crippen LogP contribution in [0.4, 0.5) is 0 Å². The zero-order valence-electron chi connectivity index (χ0n) is 24.2. The summed E-state index contributed by atoms with van der Waals surface area (Å²) in [6, 6.07) is 9.61. The van der Waals surface area contributed by atoms with E-state index in [4.69, 9.17) is 0 Å². The zero-order valence-corrected chi connectivity index (χ0v) is 24.2. The van der Waals surface area contributed by atoms with Crippen molar-refractivity contribution < 1.29 is 9.90 Å². The number of fused-ring (bicyclic) bond motifs is 4. The topological polar surface area (TPSA) is 37.3 Å². The van der Waals surface area contributed by atoms with Crippen LogP contribution in [0.3, 0.4) is 0 Å². The van der Waals surface area contributed by atoms with E-state index in [1.54, 1.807) is 5.57 Å². The van der Waals surface area contributed by atoms with Gasteiger partial charge in [0.2, 0.25) is 0 Å². The van der Waals surface area contributed by atoms with Crippen LogP contribution in [0.25, 0.3) is 0 Å². The van der Waals surface area contributed by atoms with Crippen LogP contribution >= 0.6 is 0 Å². The van der Waals surface area contributed by atoms with E-state index < -0.39 is 5.60 Å². The predicted octanol–water partition coefficient (Wildman–Crippen LogP) is 8.27. The normalized spacial score (nSPS) is 38.6. The molecule has 1 aromatic carbocycles. The Morgan fingerprint density at radius 1 is 0.947 bits per heavy atom. The van der Waals surface area contributed by atoms with Gasteiger partial charge in [-0.05, 0) is 118 Å². The lowest BCUT2D eigenvalue weighted by atomic mass is 9.51. The molecule has 1 N–H and O–H groups in total. The summed E-state index contributed by atoms with van der Waals surface area (Å²) in [6.07, 6.45) is 12.3. The van der Waals surface area contributed by atoms with Crippen molar-refractivity contribution >= 4 is 5.78 Å². The molecule has 0 spiro atoms. The lowest BCUT2D eigenvalue weighted by Crippen LogP contribution is -2.51. The Bertz CT molecular complexity index is 1240. The summed E-state index contributed by atoms with van der Waals surface area (Å²) in [6.45, 7) is 11.2. The zero-order chi connectivity index (χ0) is 26.9. The van der Waals surface area contributed by atoms with Crippen LogP contribution in [-0.4, -0.2) is 16.5 Å². The van der Waals surface area contributed by atoms with Crippen LogP contribution < -0.4 is 0 Å². The van der Waals surface area contributed by atoms with Crippen molar-refractivity contribution in [2.75, 3.05) is 0 Å². The van der Waals surface area contributed by atoms with Gasteiger partial charge in [0.25, 0.3) is 0 Å². The van der Waals surface area contributed by atoms with Crippen molar-refractivity contribution in [3.8, 4) is 11.8 Å². The highest BCUT2D eigenvalue weighted by atomic mass is 16.3. The molecule has 1 aromatic rings. The molecule has 0 amide bonds. The first-order valence-corrected chi connectivity index (χ1v) is 15.3. The third kappa shape index (κ3) is 4.25. The van der Waals surface area contributed by atoms with E-state index in [0.29, 0.717) is 30.0 Å². The SMILES string of the molecule is C[C@@H]1CCCC1c1ccc([C@H]2C[C@@]3(C)[C@@H](CC[C@@]3(O)C#CC(C)(C)C)[C@@H]3CCC4=CC(=O)CCC4=C32)cc1. The fourth-order valence-electron chi connectivity index (χ4n) is 9.08. The molecule has 0 aliphatic heterocycles. The van der Waals surface area contributed by atoms with Crippen LogP contribution in [0.1, 0.15) is 122 Å². The van der Waals surface area contributed by atoms with E-state index >= 15 is 0 Å². The van der Waals surface area contributed by atoms with E-state index in [1.807, 2.05) is 6.08 Å². The maximum atomic E-state index is 12.3. The van der Waals surface area contributed by atoms with Crippen LogP contribution in [0, 0.1) is 40.4 Å². The van der Waals surface area contributed by atoms with Crippen molar-refractivity contribution in [3.05, 3.63) is 58.2 Å². The average Bonchev–Trinajstić information content (AvgIpc) is 3.42. The molecule has 7 atom stereocenters. The maximum absolute atomic E-state index is 12.3. The van der Waals surface area contributed by atoms with Crippen molar-refractivity contribution in [1.82, 2.24) is 0 Å². The molecule has 6 rings (SSSR count). The summed E-state index contributed by atoms with van der Waals surface area (Å²) in [5, 5.41) is 12.2. The van der Waals surface area contributed by atoms with Crippen LogP contribution in [0.2, 0.25) is 0 Å². The summed E-state index contributed by atoms with van der Waals surface area (Å²) in [4.78, 5) is 12.3. The molecule has 5 aliphatic rings. The van der Waals surface area contributed by atoms with Crippen LogP contribution in [0.5, 0.6) is 0 Å². The van der Waals surface area contributed by atoms with Crippen molar-refractivity contribution in [2.45, 2.75) is 116 Å². The van der Waals surface area contributed by atoms with E-state index in [2.05, 4.69) is 70.7 Å². The summed E-state index contributed by atoms with van der Waals surface area (Å²) < 4.78 is 0. The van der Waals surface area contributed by atoms with Gasteiger partial charge in [-0.25, -0.2) is 0 Å². The molecule has 0 saturated heterocycles. The molecule has 2 nitrogen and oxygen atoms in total. The van der Waals surface area contributed by atoms with Gasteiger partial charge in [-0.1, -0.05) is 68.4 Å². The molecule has 0 heterocycles. The molecular formula is C36H46O2. The molecule has 2 heteroatoms. The first kappa shape index (κ1) is 26.1. The minimum absolute atomic E-state index is 0.127. The highest BCUT2D eigenvalue weighted by Crippen LogP contribution is 2.66. The number of allylic oxidation sites excluding steroid dienone is 4. The van der Waals surface area contributed by atoms with Crippen LogP contribution in [-0.2, 0) is 4.79 Å². The highest BCUT2D eigenvalue weighted by molar-refractivity contribution is 5.93. The highest BCUT2D eigenvalue weighted by Gasteiger charge is 2.62. The van der Waals surface area contributed by atoms with Gasteiger partial charge in [-0.3, -0.25) is 4.79 Å². The first-order chi connectivity index (χ1) is 18.0.